The number of carbonyl (C=O) groups is 1. The van der Waals surface area contributed by atoms with E-state index in [9.17, 15) is 9.18 Å². The molecule has 2 rings (SSSR count). The van der Waals surface area contributed by atoms with E-state index in [-0.39, 0.29) is 11.6 Å². The fraction of sp³-hybridized carbons (Fsp3) is 0.133. The number of hydrogen-bond donors (Lipinski definition) is 2. The Kier molecular flexibility index (Phi) is 5.04. The molecular weight excluding hydrogens is 297 g/mol. The lowest BCUT2D eigenvalue weighted by atomic mass is 10.1. The summed E-state index contributed by atoms with van der Waals surface area (Å²) < 4.78 is 13.5. The van der Waals surface area contributed by atoms with E-state index in [1.807, 2.05) is 30.3 Å². The highest BCUT2D eigenvalue weighted by molar-refractivity contribution is 7.81. The fourth-order valence-corrected chi connectivity index (χ4v) is 2.19. The maximum absolute atomic E-state index is 13.5. The van der Waals surface area contributed by atoms with Crippen LogP contribution in [0.5, 0.6) is 0 Å². The molecule has 0 bridgehead atoms. The van der Waals surface area contributed by atoms with Crippen molar-refractivity contribution in [3.63, 3.8) is 0 Å². The lowest BCUT2D eigenvalue weighted by Crippen LogP contribution is -2.25. The Balaban J connectivity index is 2.02. The molecule has 0 aliphatic heterocycles. The van der Waals surface area contributed by atoms with Gasteiger partial charge in [-0.1, -0.05) is 41.9 Å². The summed E-state index contributed by atoms with van der Waals surface area (Å²) in [6, 6.07) is 13.5. The van der Waals surface area contributed by atoms with Crippen molar-refractivity contribution in [3.8, 4) is 0 Å². The van der Waals surface area contributed by atoms with Gasteiger partial charge in [0, 0.05) is 5.02 Å². The maximum atomic E-state index is 13.5. The highest BCUT2D eigenvalue weighted by atomic mass is 35.5. The summed E-state index contributed by atoms with van der Waals surface area (Å²) in [5.74, 6) is -0.888. The molecule has 0 heterocycles. The minimum atomic E-state index is -0.559. The van der Waals surface area contributed by atoms with E-state index >= 15 is 0 Å². The van der Waals surface area contributed by atoms with Crippen LogP contribution in [-0.4, -0.2) is 11.2 Å². The average molecular weight is 310 g/mol. The molecule has 0 aliphatic carbocycles. The SMILES string of the molecule is O=C(Nc1cc(Cl)ccc1F)C(S)Cc1ccccc1. The predicted octanol–water partition coefficient (Wildman–Crippen LogP) is 3.96. The lowest BCUT2D eigenvalue weighted by molar-refractivity contribution is -0.115. The molecule has 0 aliphatic rings. The third-order valence-corrected chi connectivity index (χ3v) is 3.41. The van der Waals surface area contributed by atoms with Crippen LogP contribution in [0.25, 0.3) is 0 Å². The largest absolute Gasteiger partial charge is 0.323 e. The molecule has 1 atom stereocenters. The van der Waals surface area contributed by atoms with Crippen LogP contribution in [0, 0.1) is 5.82 Å². The van der Waals surface area contributed by atoms with Crippen LogP contribution in [-0.2, 0) is 11.2 Å². The zero-order chi connectivity index (χ0) is 14.5. The second kappa shape index (κ2) is 6.77. The number of nitrogens with one attached hydrogen (secondary N) is 1. The first-order valence-corrected chi connectivity index (χ1v) is 6.93. The number of anilines is 1. The third kappa shape index (κ3) is 3.99. The van der Waals surface area contributed by atoms with Crippen LogP contribution in [0.4, 0.5) is 10.1 Å². The van der Waals surface area contributed by atoms with Crippen molar-refractivity contribution in [1.29, 1.82) is 0 Å². The van der Waals surface area contributed by atoms with Gasteiger partial charge >= 0.3 is 0 Å². The van der Waals surface area contributed by atoms with E-state index in [0.717, 1.165) is 5.56 Å². The molecular formula is C15H13ClFNOS. The minimum absolute atomic E-state index is 0.0645. The molecule has 2 nitrogen and oxygen atoms in total. The number of thiol groups is 1. The van der Waals surface area contributed by atoms with E-state index in [4.69, 9.17) is 11.6 Å². The standard InChI is InChI=1S/C15H13ClFNOS/c16-11-6-7-12(17)13(9-11)18-15(19)14(20)8-10-4-2-1-3-5-10/h1-7,9,14,20H,8H2,(H,18,19). The van der Waals surface area contributed by atoms with Crippen LogP contribution < -0.4 is 5.32 Å². The maximum Gasteiger partial charge on any atom is 0.237 e. The first-order valence-electron chi connectivity index (χ1n) is 6.04. The molecule has 5 heteroatoms. The van der Waals surface area contributed by atoms with Gasteiger partial charge in [-0.15, -0.1) is 0 Å². The van der Waals surface area contributed by atoms with Crippen molar-refractivity contribution < 1.29 is 9.18 Å². The molecule has 2 aromatic carbocycles. The number of benzene rings is 2. The molecule has 0 fully saturated rings. The molecule has 0 spiro atoms. The molecule has 0 saturated carbocycles. The number of halogens is 2. The number of carbonyl (C=O) groups excluding carboxylic acids is 1. The molecule has 2 aromatic rings. The Morgan fingerprint density at radius 3 is 2.65 bits per heavy atom. The van der Waals surface area contributed by atoms with Crippen LogP contribution in [0.1, 0.15) is 5.56 Å². The monoisotopic (exact) mass is 309 g/mol. The summed E-state index contributed by atoms with van der Waals surface area (Å²) in [5, 5.41) is 2.30. The number of amides is 1. The van der Waals surface area contributed by atoms with Gasteiger partial charge < -0.3 is 5.32 Å². The van der Waals surface area contributed by atoms with Crippen molar-refractivity contribution in [3.05, 3.63) is 64.9 Å². The van der Waals surface area contributed by atoms with Gasteiger partial charge in [-0.25, -0.2) is 4.39 Å². The van der Waals surface area contributed by atoms with Crippen molar-refractivity contribution in [1.82, 2.24) is 0 Å². The van der Waals surface area contributed by atoms with Gasteiger partial charge in [-0.05, 0) is 30.2 Å². The number of rotatable bonds is 4. The van der Waals surface area contributed by atoms with E-state index in [0.29, 0.717) is 11.4 Å². The smallest absolute Gasteiger partial charge is 0.237 e. The second-order valence-corrected chi connectivity index (χ2v) is 5.38. The Morgan fingerprint density at radius 1 is 1.25 bits per heavy atom. The molecule has 0 aromatic heterocycles. The second-order valence-electron chi connectivity index (χ2n) is 4.32. The molecule has 20 heavy (non-hydrogen) atoms. The van der Waals surface area contributed by atoms with Crippen molar-refractivity contribution in [2.75, 3.05) is 5.32 Å². The highest BCUT2D eigenvalue weighted by Crippen LogP contribution is 2.20. The van der Waals surface area contributed by atoms with E-state index in [1.165, 1.54) is 18.2 Å². The summed E-state index contributed by atoms with van der Waals surface area (Å²) in [7, 11) is 0. The van der Waals surface area contributed by atoms with Gasteiger partial charge in [0.15, 0.2) is 0 Å². The molecule has 0 saturated heterocycles. The first kappa shape index (κ1) is 14.9. The minimum Gasteiger partial charge on any atom is -0.323 e. The molecule has 1 amide bonds. The van der Waals surface area contributed by atoms with Crippen LogP contribution >= 0.6 is 24.2 Å². The quantitative estimate of drug-likeness (QED) is 0.823. The Morgan fingerprint density at radius 2 is 1.95 bits per heavy atom. The molecule has 1 N–H and O–H groups in total. The van der Waals surface area contributed by atoms with Gasteiger partial charge in [0.1, 0.15) is 5.82 Å². The predicted molar refractivity (Wildman–Crippen MR) is 83.0 cm³/mol. The van der Waals surface area contributed by atoms with Crippen LogP contribution in [0.2, 0.25) is 5.02 Å². The van der Waals surface area contributed by atoms with Crippen molar-refractivity contribution in [2.24, 2.45) is 0 Å². The van der Waals surface area contributed by atoms with Gasteiger partial charge in [0.2, 0.25) is 5.91 Å². The number of hydrogen-bond acceptors (Lipinski definition) is 2. The van der Waals surface area contributed by atoms with E-state index in [1.54, 1.807) is 0 Å². The highest BCUT2D eigenvalue weighted by Gasteiger charge is 2.16. The van der Waals surface area contributed by atoms with E-state index < -0.39 is 11.1 Å². The topological polar surface area (TPSA) is 29.1 Å². The van der Waals surface area contributed by atoms with Gasteiger partial charge in [-0.2, -0.15) is 12.6 Å². The van der Waals surface area contributed by atoms with E-state index in [2.05, 4.69) is 17.9 Å². The average Bonchev–Trinajstić information content (AvgIpc) is 2.44. The first-order chi connectivity index (χ1) is 9.56. The summed E-state index contributed by atoms with van der Waals surface area (Å²) in [6.07, 6.45) is 0.470. The van der Waals surface area contributed by atoms with Crippen molar-refractivity contribution in [2.45, 2.75) is 11.7 Å². The van der Waals surface area contributed by atoms with Crippen LogP contribution in [0.15, 0.2) is 48.5 Å². The summed E-state index contributed by atoms with van der Waals surface area (Å²) >= 11 is 10.0. The zero-order valence-electron chi connectivity index (χ0n) is 10.5. The Labute approximate surface area is 127 Å². The zero-order valence-corrected chi connectivity index (χ0v) is 12.2. The molecule has 104 valence electrons. The van der Waals surface area contributed by atoms with Gasteiger partial charge in [0.25, 0.3) is 0 Å². The molecule has 0 radical (unpaired) electrons. The lowest BCUT2D eigenvalue weighted by Gasteiger charge is -2.12. The Bertz CT molecular complexity index is 606. The fourth-order valence-electron chi connectivity index (χ4n) is 1.74. The summed E-state index contributed by atoms with van der Waals surface area (Å²) in [6.45, 7) is 0. The Hall–Kier alpha value is -1.52. The molecule has 1 unspecified atom stereocenters. The van der Waals surface area contributed by atoms with Gasteiger partial charge in [-0.3, -0.25) is 4.79 Å². The van der Waals surface area contributed by atoms with Crippen molar-refractivity contribution >= 4 is 35.8 Å². The summed E-state index contributed by atoms with van der Waals surface area (Å²) in [4.78, 5) is 12.0. The normalized spacial score (nSPS) is 11.9. The summed E-state index contributed by atoms with van der Waals surface area (Å²) in [5.41, 5.74) is 1.06. The van der Waals surface area contributed by atoms with Gasteiger partial charge in [0.05, 0.1) is 10.9 Å². The van der Waals surface area contributed by atoms with Crippen LogP contribution in [0.3, 0.4) is 0 Å². The third-order valence-electron chi connectivity index (χ3n) is 2.76.